The third-order valence-corrected chi connectivity index (χ3v) is 5.81. The van der Waals surface area contributed by atoms with Crippen molar-refractivity contribution in [1.82, 2.24) is 10.2 Å². The van der Waals surface area contributed by atoms with Crippen LogP contribution in [0, 0.1) is 5.92 Å². The van der Waals surface area contributed by atoms with Gasteiger partial charge in [0.05, 0.1) is 12.2 Å². The number of hydrogen-bond donors (Lipinski definition) is 1. The van der Waals surface area contributed by atoms with Crippen LogP contribution in [0.4, 0.5) is 0 Å². The van der Waals surface area contributed by atoms with Crippen molar-refractivity contribution in [3.63, 3.8) is 0 Å². The zero-order valence-electron chi connectivity index (χ0n) is 13.6. The fourth-order valence-corrected chi connectivity index (χ4v) is 4.24. The van der Waals surface area contributed by atoms with Crippen LogP contribution in [-0.4, -0.2) is 63.0 Å². The van der Waals surface area contributed by atoms with Crippen LogP contribution in [0.3, 0.4) is 0 Å². The largest absolute Gasteiger partial charge is 0.383 e. The van der Waals surface area contributed by atoms with E-state index in [4.69, 9.17) is 9.47 Å². The van der Waals surface area contributed by atoms with Gasteiger partial charge in [-0.25, -0.2) is 0 Å². The molecule has 2 heterocycles. The van der Waals surface area contributed by atoms with Crippen LogP contribution in [0.1, 0.15) is 44.9 Å². The third-order valence-electron chi connectivity index (χ3n) is 5.81. The van der Waals surface area contributed by atoms with Gasteiger partial charge in [-0.3, -0.25) is 0 Å². The van der Waals surface area contributed by atoms with Crippen LogP contribution in [0.5, 0.6) is 0 Å². The SMILES string of the molecule is COCCNCC1CCN(C2CCOC3(CCC3)C2)CC1. The highest BCUT2D eigenvalue weighted by atomic mass is 16.5. The summed E-state index contributed by atoms with van der Waals surface area (Å²) in [5.41, 5.74) is 0.293. The minimum atomic E-state index is 0.293. The van der Waals surface area contributed by atoms with Crippen LogP contribution >= 0.6 is 0 Å². The first-order valence-corrected chi connectivity index (χ1v) is 8.89. The number of piperidine rings is 1. The summed E-state index contributed by atoms with van der Waals surface area (Å²) in [6.07, 6.45) is 9.24. The van der Waals surface area contributed by atoms with E-state index in [1.165, 1.54) is 58.0 Å². The van der Waals surface area contributed by atoms with Crippen molar-refractivity contribution in [1.29, 1.82) is 0 Å². The van der Waals surface area contributed by atoms with Crippen molar-refractivity contribution in [2.24, 2.45) is 5.92 Å². The van der Waals surface area contributed by atoms with Gasteiger partial charge < -0.3 is 19.7 Å². The summed E-state index contributed by atoms with van der Waals surface area (Å²) in [5, 5.41) is 3.52. The Morgan fingerprint density at radius 2 is 2.05 bits per heavy atom. The molecule has 4 nitrogen and oxygen atoms in total. The monoisotopic (exact) mass is 296 g/mol. The molecule has 3 rings (SSSR count). The number of nitrogens with one attached hydrogen (secondary N) is 1. The Kier molecular flexibility index (Phi) is 5.54. The summed E-state index contributed by atoms with van der Waals surface area (Å²) in [6, 6.07) is 0.793. The van der Waals surface area contributed by atoms with Crippen molar-refractivity contribution in [3.8, 4) is 0 Å². The summed E-state index contributed by atoms with van der Waals surface area (Å²) < 4.78 is 11.2. The van der Waals surface area contributed by atoms with Gasteiger partial charge in [0.25, 0.3) is 0 Å². The molecule has 0 aromatic heterocycles. The molecule has 2 aliphatic heterocycles. The Balaban J connectivity index is 1.37. The number of nitrogens with zero attached hydrogens (tertiary/aromatic N) is 1. The molecule has 3 fully saturated rings. The Morgan fingerprint density at radius 3 is 2.71 bits per heavy atom. The number of methoxy groups -OCH3 is 1. The average molecular weight is 296 g/mol. The Morgan fingerprint density at radius 1 is 1.24 bits per heavy atom. The van der Waals surface area contributed by atoms with E-state index < -0.39 is 0 Å². The zero-order chi connectivity index (χ0) is 14.5. The third kappa shape index (κ3) is 3.98. The zero-order valence-corrected chi connectivity index (χ0v) is 13.6. The molecule has 0 bridgehead atoms. The summed E-state index contributed by atoms with van der Waals surface area (Å²) in [4.78, 5) is 2.76. The van der Waals surface area contributed by atoms with E-state index in [1.54, 1.807) is 7.11 Å². The van der Waals surface area contributed by atoms with Crippen molar-refractivity contribution < 1.29 is 9.47 Å². The average Bonchev–Trinajstić information content (AvgIpc) is 2.51. The van der Waals surface area contributed by atoms with E-state index in [2.05, 4.69) is 10.2 Å². The molecular weight excluding hydrogens is 264 g/mol. The van der Waals surface area contributed by atoms with Gasteiger partial charge in [-0.15, -0.1) is 0 Å². The van der Waals surface area contributed by atoms with Gasteiger partial charge in [-0.1, -0.05) is 0 Å². The highest BCUT2D eigenvalue weighted by Crippen LogP contribution is 2.43. The molecule has 1 unspecified atom stereocenters. The van der Waals surface area contributed by atoms with Crippen molar-refractivity contribution in [3.05, 3.63) is 0 Å². The first-order valence-electron chi connectivity index (χ1n) is 8.89. The molecule has 4 heteroatoms. The lowest BCUT2D eigenvalue weighted by molar-refractivity contribution is -0.150. The minimum absolute atomic E-state index is 0.293. The number of rotatable bonds is 6. The molecule has 1 atom stereocenters. The highest BCUT2D eigenvalue weighted by Gasteiger charge is 2.44. The smallest absolute Gasteiger partial charge is 0.0697 e. The number of ether oxygens (including phenoxy) is 2. The fraction of sp³-hybridized carbons (Fsp3) is 1.00. The molecule has 21 heavy (non-hydrogen) atoms. The van der Waals surface area contributed by atoms with Crippen molar-refractivity contribution in [2.45, 2.75) is 56.6 Å². The van der Waals surface area contributed by atoms with Gasteiger partial charge in [0.15, 0.2) is 0 Å². The van der Waals surface area contributed by atoms with Crippen molar-refractivity contribution >= 4 is 0 Å². The van der Waals surface area contributed by atoms with Crippen molar-refractivity contribution in [2.75, 3.05) is 46.5 Å². The topological polar surface area (TPSA) is 33.7 Å². The van der Waals surface area contributed by atoms with Gasteiger partial charge in [-0.2, -0.15) is 0 Å². The van der Waals surface area contributed by atoms with Crippen LogP contribution < -0.4 is 5.32 Å². The summed E-state index contributed by atoms with van der Waals surface area (Å²) in [7, 11) is 1.77. The van der Waals surface area contributed by atoms with E-state index in [1.807, 2.05) is 0 Å². The molecule has 0 amide bonds. The molecule has 1 spiro atoms. The maximum atomic E-state index is 6.07. The van der Waals surface area contributed by atoms with E-state index in [9.17, 15) is 0 Å². The predicted molar refractivity (Wildman–Crippen MR) is 84.6 cm³/mol. The molecule has 1 aliphatic carbocycles. The summed E-state index contributed by atoms with van der Waals surface area (Å²) in [5.74, 6) is 0.857. The first-order chi connectivity index (χ1) is 10.3. The normalized spacial score (nSPS) is 30.4. The number of likely N-dealkylation sites (tertiary alicyclic amines) is 1. The summed E-state index contributed by atoms with van der Waals surface area (Å²) in [6.45, 7) is 6.54. The summed E-state index contributed by atoms with van der Waals surface area (Å²) >= 11 is 0. The Bertz CT molecular complexity index is 312. The van der Waals surface area contributed by atoms with Crippen LogP contribution in [0.25, 0.3) is 0 Å². The maximum absolute atomic E-state index is 6.07. The van der Waals surface area contributed by atoms with Crippen LogP contribution in [0.15, 0.2) is 0 Å². The minimum Gasteiger partial charge on any atom is -0.383 e. The second-order valence-electron chi connectivity index (χ2n) is 7.21. The molecule has 3 aliphatic rings. The van der Waals surface area contributed by atoms with Crippen LogP contribution in [0.2, 0.25) is 0 Å². The highest BCUT2D eigenvalue weighted by molar-refractivity contribution is 4.97. The lowest BCUT2D eigenvalue weighted by atomic mass is 9.73. The molecule has 122 valence electrons. The predicted octanol–water partition coefficient (Wildman–Crippen LogP) is 2.04. The second-order valence-corrected chi connectivity index (χ2v) is 7.21. The fourth-order valence-electron chi connectivity index (χ4n) is 4.24. The molecule has 0 radical (unpaired) electrons. The lowest BCUT2D eigenvalue weighted by Crippen LogP contribution is -2.53. The Labute approximate surface area is 129 Å². The standard InChI is InChI=1S/C17H32N2O2/c1-20-12-8-18-14-15-3-9-19(10-4-15)16-5-11-21-17(13-16)6-2-7-17/h15-16,18H,2-14H2,1H3. The number of hydrogen-bond acceptors (Lipinski definition) is 4. The van der Waals surface area contributed by atoms with Gasteiger partial charge >= 0.3 is 0 Å². The van der Waals surface area contributed by atoms with Gasteiger partial charge in [0.2, 0.25) is 0 Å². The molecule has 0 aromatic carbocycles. The van der Waals surface area contributed by atoms with Crippen LogP contribution in [-0.2, 0) is 9.47 Å². The van der Waals surface area contributed by atoms with E-state index >= 15 is 0 Å². The molecule has 1 N–H and O–H groups in total. The molecule has 0 aromatic rings. The molecule has 2 saturated heterocycles. The van der Waals surface area contributed by atoms with E-state index in [-0.39, 0.29) is 0 Å². The quantitative estimate of drug-likeness (QED) is 0.761. The maximum Gasteiger partial charge on any atom is 0.0697 e. The lowest BCUT2D eigenvalue weighted by Gasteiger charge is -2.50. The second kappa shape index (κ2) is 7.40. The molecule has 1 saturated carbocycles. The van der Waals surface area contributed by atoms with Gasteiger partial charge in [-0.05, 0) is 70.5 Å². The first kappa shape index (κ1) is 15.7. The van der Waals surface area contributed by atoms with Gasteiger partial charge in [0.1, 0.15) is 0 Å². The van der Waals surface area contributed by atoms with Gasteiger partial charge in [0, 0.05) is 26.3 Å². The molecular formula is C17H32N2O2. The van der Waals surface area contributed by atoms with E-state index in [0.717, 1.165) is 38.3 Å². The Hall–Kier alpha value is -0.160. The van der Waals surface area contributed by atoms with E-state index in [0.29, 0.717) is 5.60 Å².